The van der Waals surface area contributed by atoms with E-state index in [2.05, 4.69) is 33.6 Å². The molecule has 1 heterocycles. The van der Waals surface area contributed by atoms with E-state index in [1.807, 2.05) is 49.5 Å². The zero-order chi connectivity index (χ0) is 36.4. The summed E-state index contributed by atoms with van der Waals surface area (Å²) in [5, 5.41) is 5.37. The van der Waals surface area contributed by atoms with Crippen LogP contribution in [0.3, 0.4) is 0 Å². The van der Waals surface area contributed by atoms with Crippen LogP contribution < -0.4 is 20.5 Å². The fourth-order valence-electron chi connectivity index (χ4n) is 5.28. The zero-order valence-electron chi connectivity index (χ0n) is 29.2. The van der Waals surface area contributed by atoms with Crippen molar-refractivity contribution in [1.82, 2.24) is 14.9 Å². The number of nitrogens with one attached hydrogen (secondary N) is 1. The molecular formula is C38H44N6O6S. The first-order chi connectivity index (χ1) is 24.6. The maximum absolute atomic E-state index is 13.3. The molecule has 1 unspecified atom stereocenters. The number of aromatic nitrogens is 2. The van der Waals surface area contributed by atoms with E-state index in [1.165, 1.54) is 19.2 Å². The van der Waals surface area contributed by atoms with E-state index < -0.39 is 16.3 Å². The number of anilines is 2. The Hall–Kier alpha value is -4.92. The standard InChI is InChI=1S/C38H44N6O6S/c1-27(2)20-22-43(3)33-19-18-29(25-34(33)44(39)35(45)21-23-49-26-28-12-7-5-8-13-28)36-40-37(50-41-36)30-14-11-15-31(24-30)38(48-4)42-51(46,47)32-16-9-6-10-17-32/h5-19,24-25,27,38,42H,20-23,26,39H2,1-4H3. The first-order valence-corrected chi connectivity index (χ1v) is 18.1. The smallest absolute Gasteiger partial charge is 0.258 e. The molecule has 0 aliphatic heterocycles. The molecule has 5 rings (SSSR count). The van der Waals surface area contributed by atoms with Crippen molar-refractivity contribution in [1.29, 1.82) is 0 Å². The molecule has 5 aromatic rings. The average molecular weight is 713 g/mol. The average Bonchev–Trinajstić information content (AvgIpc) is 3.65. The number of sulfonamides is 1. The molecule has 13 heteroatoms. The van der Waals surface area contributed by atoms with Crippen molar-refractivity contribution in [3.63, 3.8) is 0 Å². The van der Waals surface area contributed by atoms with Crippen LogP contribution >= 0.6 is 0 Å². The van der Waals surface area contributed by atoms with Crippen molar-refractivity contribution in [2.45, 2.75) is 44.4 Å². The molecule has 1 atom stereocenters. The SMILES string of the molecule is COC(NS(=O)(=O)c1ccccc1)c1cccc(-c2nc(-c3ccc(N(C)CCC(C)C)c(N(N)C(=O)CCOCc4ccccc4)c3)no2)c1. The Labute approximate surface area is 299 Å². The minimum atomic E-state index is -3.86. The summed E-state index contributed by atoms with van der Waals surface area (Å²) in [7, 11) is -0.474. The van der Waals surface area contributed by atoms with Crippen molar-refractivity contribution in [2.24, 2.45) is 11.8 Å². The summed E-state index contributed by atoms with van der Waals surface area (Å²) in [6.45, 7) is 5.70. The van der Waals surface area contributed by atoms with E-state index >= 15 is 0 Å². The third-order valence-electron chi connectivity index (χ3n) is 8.20. The number of nitrogens with two attached hydrogens (primary N) is 1. The van der Waals surface area contributed by atoms with Gasteiger partial charge in [-0.05, 0) is 65.9 Å². The fourth-order valence-corrected chi connectivity index (χ4v) is 6.45. The van der Waals surface area contributed by atoms with E-state index in [4.69, 9.17) is 19.8 Å². The highest BCUT2D eigenvalue weighted by molar-refractivity contribution is 7.89. The Balaban J connectivity index is 1.36. The molecular weight excluding hydrogens is 669 g/mol. The molecule has 0 bridgehead atoms. The summed E-state index contributed by atoms with van der Waals surface area (Å²) in [5.41, 5.74) is 3.98. The lowest BCUT2D eigenvalue weighted by Gasteiger charge is -2.27. The van der Waals surface area contributed by atoms with Gasteiger partial charge < -0.3 is 18.9 Å². The van der Waals surface area contributed by atoms with Gasteiger partial charge in [-0.1, -0.05) is 79.7 Å². The predicted octanol–water partition coefficient (Wildman–Crippen LogP) is 6.32. The van der Waals surface area contributed by atoms with Crippen molar-refractivity contribution in [3.8, 4) is 22.8 Å². The zero-order valence-corrected chi connectivity index (χ0v) is 30.0. The van der Waals surface area contributed by atoms with Crippen molar-refractivity contribution in [2.75, 3.05) is 37.2 Å². The molecule has 51 heavy (non-hydrogen) atoms. The van der Waals surface area contributed by atoms with Crippen molar-refractivity contribution >= 4 is 27.3 Å². The Morgan fingerprint density at radius 2 is 1.65 bits per heavy atom. The largest absolute Gasteiger partial charge is 0.376 e. The van der Waals surface area contributed by atoms with Gasteiger partial charge in [0.1, 0.15) is 6.23 Å². The highest BCUT2D eigenvalue weighted by Gasteiger charge is 2.23. The minimum Gasteiger partial charge on any atom is -0.376 e. The monoisotopic (exact) mass is 712 g/mol. The van der Waals surface area contributed by atoms with Gasteiger partial charge in [0.25, 0.3) is 5.89 Å². The molecule has 12 nitrogen and oxygen atoms in total. The van der Waals surface area contributed by atoms with Crippen LogP contribution in [-0.4, -0.2) is 51.8 Å². The highest BCUT2D eigenvalue weighted by Crippen LogP contribution is 2.34. The van der Waals surface area contributed by atoms with E-state index in [9.17, 15) is 13.2 Å². The van der Waals surface area contributed by atoms with Gasteiger partial charge in [-0.25, -0.2) is 19.3 Å². The number of carbonyl (C=O) groups is 1. The van der Waals surface area contributed by atoms with Gasteiger partial charge in [0, 0.05) is 31.8 Å². The predicted molar refractivity (Wildman–Crippen MR) is 197 cm³/mol. The molecule has 0 spiro atoms. The quantitative estimate of drug-likeness (QED) is 0.0368. The van der Waals surface area contributed by atoms with Crippen LogP contribution in [0.1, 0.15) is 44.0 Å². The Bertz CT molecular complexity index is 1990. The Morgan fingerprint density at radius 3 is 2.35 bits per heavy atom. The topological polar surface area (TPSA) is 153 Å². The van der Waals surface area contributed by atoms with Gasteiger partial charge in [0.05, 0.1) is 35.9 Å². The maximum atomic E-state index is 13.3. The number of ether oxygens (including phenoxy) is 2. The number of benzene rings is 4. The van der Waals surface area contributed by atoms with E-state index in [1.54, 1.807) is 48.5 Å². The lowest BCUT2D eigenvalue weighted by molar-refractivity contribution is -0.119. The molecule has 0 saturated heterocycles. The third-order valence-corrected chi connectivity index (χ3v) is 9.62. The number of hydrogen-bond acceptors (Lipinski definition) is 10. The molecule has 0 fully saturated rings. The van der Waals surface area contributed by atoms with E-state index in [0.717, 1.165) is 29.2 Å². The second-order valence-electron chi connectivity index (χ2n) is 12.5. The van der Waals surface area contributed by atoms with Crippen LogP contribution in [-0.2, 0) is 30.9 Å². The van der Waals surface area contributed by atoms with Crippen LogP contribution in [0.25, 0.3) is 22.8 Å². The number of rotatable bonds is 17. The molecule has 1 amide bonds. The molecule has 4 aromatic carbocycles. The number of hydrogen-bond donors (Lipinski definition) is 2. The molecule has 0 saturated carbocycles. The van der Waals surface area contributed by atoms with Crippen LogP contribution in [0.4, 0.5) is 11.4 Å². The molecule has 0 aliphatic rings. The van der Waals surface area contributed by atoms with Crippen molar-refractivity contribution in [3.05, 3.63) is 114 Å². The first kappa shape index (κ1) is 37.3. The Morgan fingerprint density at radius 1 is 0.922 bits per heavy atom. The summed E-state index contributed by atoms with van der Waals surface area (Å²) in [5.74, 6) is 7.17. The van der Waals surface area contributed by atoms with E-state index in [-0.39, 0.29) is 35.5 Å². The number of carbonyl (C=O) groups excluding carboxylic acids is 1. The number of methoxy groups -OCH3 is 1. The number of hydrazine groups is 1. The van der Waals surface area contributed by atoms with Gasteiger partial charge in [-0.2, -0.15) is 9.71 Å². The second-order valence-corrected chi connectivity index (χ2v) is 14.2. The van der Waals surface area contributed by atoms with Gasteiger partial charge in [-0.15, -0.1) is 0 Å². The molecule has 268 valence electrons. The summed E-state index contributed by atoms with van der Waals surface area (Å²) < 4.78 is 45.5. The molecule has 0 aliphatic carbocycles. The molecule has 3 N–H and O–H groups in total. The minimum absolute atomic E-state index is 0.0926. The van der Waals surface area contributed by atoms with Crippen LogP contribution in [0, 0.1) is 5.92 Å². The van der Waals surface area contributed by atoms with Crippen LogP contribution in [0.5, 0.6) is 0 Å². The second kappa shape index (κ2) is 17.3. The van der Waals surface area contributed by atoms with Gasteiger partial charge in [-0.3, -0.25) is 4.79 Å². The summed E-state index contributed by atoms with van der Waals surface area (Å²) in [4.78, 5) is 20.1. The number of nitrogens with zero attached hydrogens (tertiary/aromatic N) is 4. The third kappa shape index (κ3) is 9.87. The normalized spacial score (nSPS) is 12.2. The number of amides is 1. The summed E-state index contributed by atoms with van der Waals surface area (Å²) in [6.07, 6.45) is 0.0706. The van der Waals surface area contributed by atoms with Gasteiger partial charge in [0.15, 0.2) is 0 Å². The fraction of sp³-hybridized carbons (Fsp3) is 0.289. The lowest BCUT2D eigenvalue weighted by atomic mass is 10.1. The van der Waals surface area contributed by atoms with Crippen LogP contribution in [0.15, 0.2) is 113 Å². The maximum Gasteiger partial charge on any atom is 0.258 e. The Kier molecular flexibility index (Phi) is 12.7. The summed E-state index contributed by atoms with van der Waals surface area (Å²) >= 11 is 0. The van der Waals surface area contributed by atoms with Gasteiger partial charge in [0.2, 0.25) is 21.8 Å². The van der Waals surface area contributed by atoms with Gasteiger partial charge >= 0.3 is 0 Å². The van der Waals surface area contributed by atoms with Crippen molar-refractivity contribution < 1.29 is 27.2 Å². The first-order valence-electron chi connectivity index (χ1n) is 16.6. The molecule has 1 aromatic heterocycles. The summed E-state index contributed by atoms with van der Waals surface area (Å²) in [6, 6.07) is 30.3. The van der Waals surface area contributed by atoms with E-state index in [0.29, 0.717) is 34.9 Å². The highest BCUT2D eigenvalue weighted by atomic mass is 32.2. The molecule has 0 radical (unpaired) electrons. The lowest BCUT2D eigenvalue weighted by Crippen LogP contribution is -2.39. The van der Waals surface area contributed by atoms with Crippen LogP contribution in [0.2, 0.25) is 0 Å².